The van der Waals surface area contributed by atoms with Crippen LogP contribution in [0.2, 0.25) is 0 Å². The van der Waals surface area contributed by atoms with E-state index in [2.05, 4.69) is 0 Å². The summed E-state index contributed by atoms with van der Waals surface area (Å²) >= 11 is 1.23. The van der Waals surface area contributed by atoms with Crippen LogP contribution in [0.4, 0.5) is 0 Å². The molecule has 0 aliphatic rings. The van der Waals surface area contributed by atoms with Gasteiger partial charge in [-0.1, -0.05) is 11.3 Å². The second-order valence-electron chi connectivity index (χ2n) is 3.58. The van der Waals surface area contributed by atoms with E-state index in [0.717, 1.165) is 13.0 Å². The van der Waals surface area contributed by atoms with Crippen molar-refractivity contribution < 1.29 is 4.74 Å². The van der Waals surface area contributed by atoms with Crippen molar-refractivity contribution in [3.8, 4) is 0 Å². The molecule has 0 aliphatic carbocycles. The molecule has 0 atom stereocenters. The zero-order valence-electron chi connectivity index (χ0n) is 8.24. The summed E-state index contributed by atoms with van der Waals surface area (Å²) in [6, 6.07) is 0. The second-order valence-corrected chi connectivity index (χ2v) is 4.43. The molecule has 1 heterocycles. The molecule has 0 aromatic carbocycles. The third-order valence-corrected chi connectivity index (χ3v) is 2.85. The van der Waals surface area contributed by atoms with Crippen molar-refractivity contribution >= 4 is 11.3 Å². The van der Waals surface area contributed by atoms with Gasteiger partial charge >= 0.3 is 4.87 Å². The standard InChI is InChI=1S/C9H15NO2S/c1-9(2,12-3)4-5-10-6-7-13-8(10)11/h6-7H,4-5H2,1-3H3. The molecular weight excluding hydrogens is 186 g/mol. The minimum atomic E-state index is -0.151. The topological polar surface area (TPSA) is 31.2 Å². The van der Waals surface area contributed by atoms with Crippen LogP contribution in [0.25, 0.3) is 0 Å². The third-order valence-electron chi connectivity index (χ3n) is 2.15. The van der Waals surface area contributed by atoms with Crippen molar-refractivity contribution in [2.75, 3.05) is 7.11 Å². The van der Waals surface area contributed by atoms with Crippen molar-refractivity contribution in [2.45, 2.75) is 32.4 Å². The van der Waals surface area contributed by atoms with Gasteiger partial charge in [-0.15, -0.1) is 0 Å². The Bertz CT molecular complexity index is 313. The predicted octanol–water partition coefficient (Wildman–Crippen LogP) is 1.72. The summed E-state index contributed by atoms with van der Waals surface area (Å²) in [7, 11) is 1.69. The first-order valence-corrected chi connectivity index (χ1v) is 5.12. The number of nitrogens with zero attached hydrogens (tertiary/aromatic N) is 1. The lowest BCUT2D eigenvalue weighted by Crippen LogP contribution is -2.26. The quantitative estimate of drug-likeness (QED) is 0.742. The molecule has 1 rings (SSSR count). The van der Waals surface area contributed by atoms with Gasteiger partial charge in [0.1, 0.15) is 0 Å². The Morgan fingerprint density at radius 3 is 2.77 bits per heavy atom. The lowest BCUT2D eigenvalue weighted by Gasteiger charge is -2.22. The van der Waals surface area contributed by atoms with Gasteiger partial charge in [0.2, 0.25) is 0 Å². The van der Waals surface area contributed by atoms with Gasteiger partial charge in [0, 0.05) is 25.2 Å². The average molecular weight is 201 g/mol. The van der Waals surface area contributed by atoms with Gasteiger partial charge < -0.3 is 9.30 Å². The number of ether oxygens (including phenoxy) is 1. The fourth-order valence-electron chi connectivity index (χ4n) is 0.948. The SMILES string of the molecule is COC(C)(C)CCn1ccsc1=O. The number of hydrogen-bond acceptors (Lipinski definition) is 3. The van der Waals surface area contributed by atoms with Crippen LogP contribution < -0.4 is 4.87 Å². The molecule has 1 aromatic heterocycles. The lowest BCUT2D eigenvalue weighted by molar-refractivity contribution is 0.0119. The summed E-state index contributed by atoms with van der Waals surface area (Å²) in [4.78, 5) is 11.3. The molecule has 0 spiro atoms. The largest absolute Gasteiger partial charge is 0.379 e. The molecule has 0 saturated heterocycles. The number of thiazole rings is 1. The molecule has 3 nitrogen and oxygen atoms in total. The van der Waals surface area contributed by atoms with Gasteiger partial charge in [0.25, 0.3) is 0 Å². The highest BCUT2D eigenvalue weighted by molar-refractivity contribution is 7.07. The molecule has 4 heteroatoms. The maximum absolute atomic E-state index is 11.2. The molecule has 0 bridgehead atoms. The van der Waals surface area contributed by atoms with Gasteiger partial charge in [0.15, 0.2) is 0 Å². The van der Waals surface area contributed by atoms with Crippen LogP contribution in [0.15, 0.2) is 16.4 Å². The highest BCUT2D eigenvalue weighted by Gasteiger charge is 2.16. The van der Waals surface area contributed by atoms with E-state index in [9.17, 15) is 4.79 Å². The van der Waals surface area contributed by atoms with Gasteiger partial charge in [0.05, 0.1) is 5.60 Å². The molecule has 0 saturated carbocycles. The van der Waals surface area contributed by atoms with Crippen molar-refractivity contribution in [1.29, 1.82) is 0 Å². The van der Waals surface area contributed by atoms with E-state index in [0.29, 0.717) is 0 Å². The van der Waals surface area contributed by atoms with Crippen LogP contribution in [0.5, 0.6) is 0 Å². The second kappa shape index (κ2) is 4.07. The minimum Gasteiger partial charge on any atom is -0.379 e. The summed E-state index contributed by atoms with van der Waals surface area (Å²) in [5, 5.41) is 1.81. The molecule has 1 aromatic rings. The van der Waals surface area contributed by atoms with Crippen LogP contribution in [0, 0.1) is 0 Å². The smallest absolute Gasteiger partial charge is 0.307 e. The van der Waals surface area contributed by atoms with Crippen LogP contribution in [0.1, 0.15) is 20.3 Å². The monoisotopic (exact) mass is 201 g/mol. The van der Waals surface area contributed by atoms with Crippen molar-refractivity contribution in [3.05, 3.63) is 21.2 Å². The van der Waals surface area contributed by atoms with E-state index < -0.39 is 0 Å². The van der Waals surface area contributed by atoms with E-state index >= 15 is 0 Å². The molecule has 74 valence electrons. The molecule has 0 amide bonds. The Labute approximate surface area is 82.0 Å². The molecular formula is C9H15NO2S. The van der Waals surface area contributed by atoms with E-state index in [4.69, 9.17) is 4.74 Å². The van der Waals surface area contributed by atoms with Crippen LogP contribution in [0.3, 0.4) is 0 Å². The Hall–Kier alpha value is -0.610. The highest BCUT2D eigenvalue weighted by atomic mass is 32.1. The normalized spacial score (nSPS) is 11.9. The van der Waals surface area contributed by atoms with Gasteiger partial charge in [-0.3, -0.25) is 4.79 Å². The Morgan fingerprint density at radius 1 is 1.62 bits per heavy atom. The molecule has 0 aliphatic heterocycles. The minimum absolute atomic E-state index is 0.104. The van der Waals surface area contributed by atoms with E-state index in [-0.39, 0.29) is 10.5 Å². The number of methoxy groups -OCH3 is 1. The maximum atomic E-state index is 11.2. The Balaban J connectivity index is 2.53. The van der Waals surface area contributed by atoms with E-state index in [1.54, 1.807) is 11.7 Å². The van der Waals surface area contributed by atoms with Gasteiger partial charge in [-0.05, 0) is 20.3 Å². The third kappa shape index (κ3) is 2.97. The first-order valence-electron chi connectivity index (χ1n) is 4.24. The molecule has 0 unspecified atom stereocenters. The predicted molar refractivity (Wildman–Crippen MR) is 54.3 cm³/mol. The van der Waals surface area contributed by atoms with Gasteiger partial charge in [-0.2, -0.15) is 0 Å². The van der Waals surface area contributed by atoms with Crippen molar-refractivity contribution in [2.24, 2.45) is 0 Å². The van der Waals surface area contributed by atoms with Crippen molar-refractivity contribution in [1.82, 2.24) is 4.57 Å². The highest BCUT2D eigenvalue weighted by Crippen LogP contribution is 2.13. The zero-order valence-corrected chi connectivity index (χ0v) is 9.06. The number of rotatable bonds is 4. The Morgan fingerprint density at radius 2 is 2.31 bits per heavy atom. The summed E-state index contributed by atoms with van der Waals surface area (Å²) in [6.07, 6.45) is 2.67. The van der Waals surface area contributed by atoms with Crippen LogP contribution in [-0.4, -0.2) is 17.3 Å². The summed E-state index contributed by atoms with van der Waals surface area (Å²) in [5.41, 5.74) is -0.151. The van der Waals surface area contributed by atoms with Crippen LogP contribution >= 0.6 is 11.3 Å². The first-order chi connectivity index (χ1) is 6.05. The summed E-state index contributed by atoms with van der Waals surface area (Å²) in [6.45, 7) is 4.76. The maximum Gasteiger partial charge on any atom is 0.307 e. The molecule has 13 heavy (non-hydrogen) atoms. The summed E-state index contributed by atoms with van der Waals surface area (Å²) in [5.74, 6) is 0. The first kappa shape index (κ1) is 10.5. The average Bonchev–Trinajstić information content (AvgIpc) is 2.48. The van der Waals surface area contributed by atoms with Gasteiger partial charge in [-0.25, -0.2) is 0 Å². The fraction of sp³-hybridized carbons (Fsp3) is 0.667. The Kier molecular flexibility index (Phi) is 3.27. The van der Waals surface area contributed by atoms with Crippen LogP contribution in [-0.2, 0) is 11.3 Å². The number of aromatic nitrogens is 1. The van der Waals surface area contributed by atoms with E-state index in [1.165, 1.54) is 11.3 Å². The van der Waals surface area contributed by atoms with E-state index in [1.807, 2.05) is 25.4 Å². The molecule has 0 radical (unpaired) electrons. The number of hydrogen-bond donors (Lipinski definition) is 0. The zero-order chi connectivity index (χ0) is 9.90. The fourth-order valence-corrected chi connectivity index (χ4v) is 1.56. The summed E-state index contributed by atoms with van der Waals surface area (Å²) < 4.78 is 6.98. The lowest BCUT2D eigenvalue weighted by atomic mass is 10.1. The number of aryl methyl sites for hydroxylation is 1. The van der Waals surface area contributed by atoms with Crippen molar-refractivity contribution in [3.63, 3.8) is 0 Å². The molecule has 0 fully saturated rings. The molecule has 0 N–H and O–H groups in total.